The third-order valence-corrected chi connectivity index (χ3v) is 5.83. The van der Waals surface area contributed by atoms with Crippen LogP contribution in [0.4, 0.5) is 4.39 Å². The second-order valence-corrected chi connectivity index (χ2v) is 7.81. The fraction of sp³-hybridized carbons (Fsp3) is 0.429. The highest BCUT2D eigenvalue weighted by Crippen LogP contribution is 2.28. The summed E-state index contributed by atoms with van der Waals surface area (Å²) in [5.74, 6) is 0.616. The van der Waals surface area contributed by atoms with Gasteiger partial charge in [0.1, 0.15) is 11.6 Å². The van der Waals surface area contributed by atoms with Crippen LogP contribution in [0.5, 0.6) is 5.75 Å². The molecule has 140 valence electrons. The van der Waals surface area contributed by atoms with Crippen molar-refractivity contribution >= 4 is 15.9 Å². The van der Waals surface area contributed by atoms with Gasteiger partial charge in [0.2, 0.25) is 0 Å². The third kappa shape index (κ3) is 5.06. The molecule has 0 amide bonds. The Bertz CT molecular complexity index is 732. The van der Waals surface area contributed by atoms with Gasteiger partial charge in [0.05, 0.1) is 13.2 Å². The molecule has 5 heteroatoms. The molecule has 0 spiro atoms. The molecule has 0 aromatic heterocycles. The van der Waals surface area contributed by atoms with E-state index in [1.807, 2.05) is 18.2 Å². The molecule has 2 aromatic rings. The summed E-state index contributed by atoms with van der Waals surface area (Å²) in [7, 11) is 1.68. The van der Waals surface area contributed by atoms with Gasteiger partial charge in [-0.05, 0) is 61.1 Å². The number of halogens is 2. The lowest BCUT2D eigenvalue weighted by molar-refractivity contribution is 0.0664. The van der Waals surface area contributed by atoms with Crippen LogP contribution in [0.1, 0.15) is 36.8 Å². The minimum Gasteiger partial charge on any atom is -0.497 e. The van der Waals surface area contributed by atoms with Crippen molar-refractivity contribution in [2.45, 2.75) is 50.9 Å². The largest absolute Gasteiger partial charge is 0.497 e. The van der Waals surface area contributed by atoms with Gasteiger partial charge in [-0.3, -0.25) is 4.90 Å². The van der Waals surface area contributed by atoms with Gasteiger partial charge >= 0.3 is 0 Å². The molecule has 1 saturated carbocycles. The first-order chi connectivity index (χ1) is 12.5. The summed E-state index contributed by atoms with van der Waals surface area (Å²) in [5.41, 5.74) is 2.26. The molecule has 0 atom stereocenters. The number of nitrogens with zero attached hydrogens (tertiary/aromatic N) is 1. The van der Waals surface area contributed by atoms with Crippen LogP contribution in [-0.2, 0) is 13.1 Å². The second-order valence-electron chi connectivity index (χ2n) is 6.95. The maximum absolute atomic E-state index is 13.4. The first kappa shape index (κ1) is 19.3. The zero-order valence-corrected chi connectivity index (χ0v) is 16.6. The molecule has 0 unspecified atom stereocenters. The SMILES string of the molecule is COc1cccc(CN(Cc2ccc(F)cc2Br)C2CCC(O)CC2)c1. The third-order valence-electron chi connectivity index (χ3n) is 5.09. The monoisotopic (exact) mass is 421 g/mol. The van der Waals surface area contributed by atoms with E-state index in [2.05, 4.69) is 33.0 Å². The standard InChI is InChI=1S/C21H25BrFNO2/c1-26-20-4-2-3-15(11-20)13-24(18-7-9-19(25)10-8-18)14-16-5-6-17(23)12-21(16)22/h2-6,11-12,18-19,25H,7-10,13-14H2,1H3. The molecule has 1 aliphatic rings. The Hall–Kier alpha value is -1.43. The van der Waals surface area contributed by atoms with Crippen LogP contribution < -0.4 is 4.74 Å². The molecule has 1 aliphatic carbocycles. The van der Waals surface area contributed by atoms with Crippen LogP contribution in [-0.4, -0.2) is 29.3 Å². The van der Waals surface area contributed by atoms with Crippen LogP contribution in [0, 0.1) is 5.82 Å². The topological polar surface area (TPSA) is 32.7 Å². The highest BCUT2D eigenvalue weighted by atomic mass is 79.9. The minimum absolute atomic E-state index is 0.178. The molecular weight excluding hydrogens is 397 g/mol. The van der Waals surface area contributed by atoms with Gasteiger partial charge in [0.15, 0.2) is 0 Å². The summed E-state index contributed by atoms with van der Waals surface area (Å²) in [6, 6.07) is 13.4. The van der Waals surface area contributed by atoms with Crippen LogP contribution in [0.3, 0.4) is 0 Å². The fourth-order valence-electron chi connectivity index (χ4n) is 3.61. The zero-order chi connectivity index (χ0) is 18.5. The maximum atomic E-state index is 13.4. The van der Waals surface area contributed by atoms with Crippen molar-refractivity contribution in [1.82, 2.24) is 4.90 Å². The smallest absolute Gasteiger partial charge is 0.124 e. The van der Waals surface area contributed by atoms with Gasteiger partial charge in [-0.2, -0.15) is 0 Å². The molecule has 0 saturated heterocycles. The fourth-order valence-corrected chi connectivity index (χ4v) is 4.09. The predicted molar refractivity (Wildman–Crippen MR) is 105 cm³/mol. The molecule has 2 aromatic carbocycles. The number of methoxy groups -OCH3 is 1. The zero-order valence-electron chi connectivity index (χ0n) is 15.0. The summed E-state index contributed by atoms with van der Waals surface area (Å²) in [5, 5.41) is 9.85. The van der Waals surface area contributed by atoms with Crippen molar-refractivity contribution < 1.29 is 14.2 Å². The van der Waals surface area contributed by atoms with E-state index in [0.717, 1.165) is 54.6 Å². The Balaban J connectivity index is 1.80. The van der Waals surface area contributed by atoms with Crippen LogP contribution in [0.15, 0.2) is 46.9 Å². The van der Waals surface area contributed by atoms with Crippen molar-refractivity contribution in [3.63, 3.8) is 0 Å². The molecule has 1 N–H and O–H groups in total. The lowest BCUT2D eigenvalue weighted by atomic mass is 9.91. The normalized spacial score (nSPS) is 20.3. The van der Waals surface area contributed by atoms with Crippen LogP contribution in [0.25, 0.3) is 0 Å². The number of aliphatic hydroxyl groups excluding tert-OH is 1. The van der Waals surface area contributed by atoms with E-state index >= 15 is 0 Å². The summed E-state index contributed by atoms with van der Waals surface area (Å²) >= 11 is 3.49. The van der Waals surface area contributed by atoms with Crippen LogP contribution in [0.2, 0.25) is 0 Å². The first-order valence-electron chi connectivity index (χ1n) is 9.04. The molecule has 0 bridgehead atoms. The van der Waals surface area contributed by atoms with Crippen LogP contribution >= 0.6 is 15.9 Å². The van der Waals surface area contributed by atoms with Gasteiger partial charge < -0.3 is 9.84 Å². The molecule has 3 nitrogen and oxygen atoms in total. The Kier molecular flexibility index (Phi) is 6.68. The van der Waals surface area contributed by atoms with Gasteiger partial charge in [0.25, 0.3) is 0 Å². The first-order valence-corrected chi connectivity index (χ1v) is 9.83. The average Bonchev–Trinajstić information content (AvgIpc) is 2.64. The molecule has 1 fully saturated rings. The van der Waals surface area contributed by atoms with Gasteiger partial charge in [0, 0.05) is 23.6 Å². The number of ether oxygens (including phenoxy) is 1. The van der Waals surface area contributed by atoms with E-state index in [1.165, 1.54) is 17.7 Å². The maximum Gasteiger partial charge on any atom is 0.124 e. The number of rotatable bonds is 6. The van der Waals surface area contributed by atoms with Gasteiger partial charge in [-0.1, -0.05) is 34.1 Å². The van der Waals surface area contributed by atoms with Crippen molar-refractivity contribution in [1.29, 1.82) is 0 Å². The highest BCUT2D eigenvalue weighted by molar-refractivity contribution is 9.10. The Morgan fingerprint density at radius 2 is 1.88 bits per heavy atom. The number of hydrogen-bond acceptors (Lipinski definition) is 3. The predicted octanol–water partition coefficient (Wildman–Crippen LogP) is 4.90. The lowest BCUT2D eigenvalue weighted by Crippen LogP contribution is -2.38. The Morgan fingerprint density at radius 3 is 2.58 bits per heavy atom. The van der Waals surface area contributed by atoms with Gasteiger partial charge in [-0.15, -0.1) is 0 Å². The van der Waals surface area contributed by atoms with E-state index in [-0.39, 0.29) is 11.9 Å². The van der Waals surface area contributed by atoms with E-state index in [9.17, 15) is 9.50 Å². The molecular formula is C21H25BrFNO2. The molecule has 0 heterocycles. The summed E-state index contributed by atoms with van der Waals surface area (Å²) in [6.45, 7) is 1.53. The summed E-state index contributed by atoms with van der Waals surface area (Å²) in [4.78, 5) is 2.43. The number of hydrogen-bond donors (Lipinski definition) is 1. The van der Waals surface area contributed by atoms with Crippen molar-refractivity contribution in [3.8, 4) is 5.75 Å². The Labute approximate surface area is 162 Å². The lowest BCUT2D eigenvalue weighted by Gasteiger charge is -2.36. The van der Waals surface area contributed by atoms with E-state index in [0.29, 0.717) is 6.04 Å². The summed E-state index contributed by atoms with van der Waals surface area (Å²) in [6.07, 6.45) is 3.45. The number of aliphatic hydroxyl groups is 1. The molecule has 0 aliphatic heterocycles. The van der Waals surface area contributed by atoms with Crippen molar-refractivity contribution in [3.05, 3.63) is 63.9 Å². The highest BCUT2D eigenvalue weighted by Gasteiger charge is 2.25. The molecule has 26 heavy (non-hydrogen) atoms. The number of benzene rings is 2. The average molecular weight is 422 g/mol. The Morgan fingerprint density at radius 1 is 1.12 bits per heavy atom. The van der Waals surface area contributed by atoms with E-state index in [4.69, 9.17) is 4.74 Å². The molecule has 0 radical (unpaired) electrons. The van der Waals surface area contributed by atoms with Gasteiger partial charge in [-0.25, -0.2) is 4.39 Å². The van der Waals surface area contributed by atoms with E-state index < -0.39 is 0 Å². The van der Waals surface area contributed by atoms with Crippen molar-refractivity contribution in [2.24, 2.45) is 0 Å². The van der Waals surface area contributed by atoms with Crippen molar-refractivity contribution in [2.75, 3.05) is 7.11 Å². The quantitative estimate of drug-likeness (QED) is 0.719. The molecule has 3 rings (SSSR count). The summed E-state index contributed by atoms with van der Waals surface area (Å²) < 4.78 is 19.6. The van der Waals surface area contributed by atoms with E-state index in [1.54, 1.807) is 7.11 Å². The second kappa shape index (κ2) is 8.98. The minimum atomic E-state index is -0.235.